The van der Waals surface area contributed by atoms with E-state index in [0.29, 0.717) is 11.0 Å². The van der Waals surface area contributed by atoms with Crippen molar-refractivity contribution in [1.29, 1.82) is 0 Å². The minimum atomic E-state index is -0.499. The Morgan fingerprint density at radius 2 is 2.10 bits per heavy atom. The number of aromatic nitrogens is 4. The molecule has 0 radical (unpaired) electrons. The lowest BCUT2D eigenvalue weighted by Gasteiger charge is -2.04. The van der Waals surface area contributed by atoms with Crippen LogP contribution in [0.3, 0.4) is 0 Å². The van der Waals surface area contributed by atoms with Crippen LogP contribution in [0.5, 0.6) is 0 Å². The van der Waals surface area contributed by atoms with Gasteiger partial charge in [-0.15, -0.1) is 11.3 Å². The lowest BCUT2D eigenvalue weighted by atomic mass is 10.2. The molecule has 8 heteroatoms. The third-order valence-electron chi connectivity index (χ3n) is 3.24. The maximum atomic E-state index is 11.7. The van der Waals surface area contributed by atoms with Crippen molar-refractivity contribution in [3.05, 3.63) is 54.5 Å². The van der Waals surface area contributed by atoms with Crippen molar-refractivity contribution in [1.82, 2.24) is 19.5 Å². The molecule has 0 amide bonds. The number of thiophene rings is 1. The van der Waals surface area contributed by atoms with Crippen molar-refractivity contribution >= 4 is 33.2 Å². The number of nitrogens with one attached hydrogen (secondary N) is 1. The first kappa shape index (κ1) is 14.0. The number of rotatable bonds is 2. The Labute approximate surface area is 128 Å². The van der Waals surface area contributed by atoms with Crippen molar-refractivity contribution < 1.29 is 0 Å². The van der Waals surface area contributed by atoms with Crippen LogP contribution in [-0.4, -0.2) is 19.5 Å². The summed E-state index contributed by atoms with van der Waals surface area (Å²) in [6.07, 6.45) is 1.41. The minimum Gasteiger partial charge on any atom is -0.293 e. The lowest BCUT2D eigenvalue weighted by Crippen LogP contribution is -2.29. The summed E-state index contributed by atoms with van der Waals surface area (Å²) in [6.45, 7) is 4.14. The van der Waals surface area contributed by atoms with Crippen LogP contribution < -0.4 is 11.2 Å². The van der Waals surface area contributed by atoms with Crippen molar-refractivity contribution in [3.8, 4) is 0 Å². The van der Waals surface area contributed by atoms with E-state index >= 15 is 0 Å². The van der Waals surface area contributed by atoms with E-state index in [4.69, 9.17) is 11.6 Å². The van der Waals surface area contributed by atoms with Gasteiger partial charge in [0.1, 0.15) is 9.98 Å². The van der Waals surface area contributed by atoms with Crippen LogP contribution in [0.15, 0.2) is 21.9 Å². The quantitative estimate of drug-likeness (QED) is 0.730. The molecule has 0 fully saturated rings. The van der Waals surface area contributed by atoms with Gasteiger partial charge in [0.2, 0.25) is 0 Å². The Kier molecular flexibility index (Phi) is 3.38. The molecule has 108 valence electrons. The number of aromatic amines is 1. The molecular weight excluding hydrogens is 312 g/mol. The number of aryl methyl sites for hydroxylation is 2. The van der Waals surface area contributed by atoms with E-state index in [0.717, 1.165) is 20.7 Å². The maximum Gasteiger partial charge on any atom is 0.328 e. The highest BCUT2D eigenvalue weighted by atomic mass is 35.5. The summed E-state index contributed by atoms with van der Waals surface area (Å²) < 4.78 is 1.33. The summed E-state index contributed by atoms with van der Waals surface area (Å²) in [5.74, 6) is 0.433. The Morgan fingerprint density at radius 1 is 1.33 bits per heavy atom. The normalized spacial score (nSPS) is 11.2. The molecule has 0 spiro atoms. The molecule has 0 saturated heterocycles. The molecule has 0 atom stereocenters. The highest BCUT2D eigenvalue weighted by Gasteiger charge is 2.13. The first-order chi connectivity index (χ1) is 9.95. The van der Waals surface area contributed by atoms with E-state index < -0.39 is 11.2 Å². The Morgan fingerprint density at radius 3 is 2.81 bits per heavy atom. The summed E-state index contributed by atoms with van der Waals surface area (Å²) in [6, 6.07) is 1.28. The summed E-state index contributed by atoms with van der Waals surface area (Å²) >= 11 is 7.77. The number of H-pyrrole nitrogens is 1. The topological polar surface area (TPSA) is 80.6 Å². The van der Waals surface area contributed by atoms with Crippen molar-refractivity contribution in [2.45, 2.75) is 20.4 Å². The van der Waals surface area contributed by atoms with E-state index in [2.05, 4.69) is 15.0 Å². The van der Waals surface area contributed by atoms with Crippen LogP contribution in [0.25, 0.3) is 10.2 Å². The van der Waals surface area contributed by atoms with Gasteiger partial charge in [0.15, 0.2) is 5.82 Å². The second-order valence-corrected chi connectivity index (χ2v) is 6.19. The Hall–Kier alpha value is -1.99. The number of fused-ring (bicyclic) bond motifs is 1. The molecule has 0 unspecified atom stereocenters. The second kappa shape index (κ2) is 5.09. The van der Waals surface area contributed by atoms with Crippen molar-refractivity contribution in [3.63, 3.8) is 0 Å². The number of nitrogens with zero attached hydrogens (tertiary/aromatic N) is 3. The predicted molar refractivity (Wildman–Crippen MR) is 82.3 cm³/mol. The van der Waals surface area contributed by atoms with Gasteiger partial charge in [0, 0.05) is 17.1 Å². The average Bonchev–Trinajstić information content (AvgIpc) is 2.69. The van der Waals surface area contributed by atoms with Gasteiger partial charge in [-0.2, -0.15) is 0 Å². The van der Waals surface area contributed by atoms with Crippen LogP contribution in [0.1, 0.15) is 16.3 Å². The molecule has 3 rings (SSSR count). The van der Waals surface area contributed by atoms with Gasteiger partial charge in [-0.3, -0.25) is 14.3 Å². The third kappa shape index (κ3) is 2.50. The van der Waals surface area contributed by atoms with Gasteiger partial charge in [-0.25, -0.2) is 14.8 Å². The second-order valence-electron chi connectivity index (χ2n) is 4.63. The van der Waals surface area contributed by atoms with E-state index in [1.165, 1.54) is 16.8 Å². The highest BCUT2D eigenvalue weighted by molar-refractivity contribution is 7.18. The summed E-state index contributed by atoms with van der Waals surface area (Å²) in [4.78, 5) is 35.5. The van der Waals surface area contributed by atoms with Gasteiger partial charge >= 0.3 is 5.69 Å². The van der Waals surface area contributed by atoms with Crippen LogP contribution in [0.2, 0.25) is 5.15 Å². The monoisotopic (exact) mass is 322 g/mol. The molecule has 0 aromatic carbocycles. The largest absolute Gasteiger partial charge is 0.328 e. The van der Waals surface area contributed by atoms with Gasteiger partial charge in [-0.05, 0) is 19.4 Å². The molecule has 0 bridgehead atoms. The molecule has 1 N–H and O–H groups in total. The first-order valence-electron chi connectivity index (χ1n) is 6.17. The van der Waals surface area contributed by atoms with Crippen LogP contribution in [-0.2, 0) is 6.54 Å². The fraction of sp³-hybridized carbons (Fsp3) is 0.231. The standard InChI is InChI=1S/C13H11ClN4O2S/c1-6-7(2)21-12-10(6)11(14)15-8(16-12)5-18-4-3-9(19)17-13(18)20/h3-4H,5H2,1-2H3,(H,17,19,20). The molecule has 0 aliphatic heterocycles. The average molecular weight is 323 g/mol. The SMILES string of the molecule is Cc1sc2nc(Cn3ccc(=O)[nH]c3=O)nc(Cl)c2c1C. The molecular formula is C13H11ClN4O2S. The Bertz CT molecular complexity index is 957. The predicted octanol–water partition coefficient (Wildman–Crippen LogP) is 1.86. The van der Waals surface area contributed by atoms with E-state index in [1.54, 1.807) is 11.3 Å². The molecule has 0 aliphatic rings. The Balaban J connectivity index is 2.09. The summed E-state index contributed by atoms with van der Waals surface area (Å²) in [7, 11) is 0. The number of halogens is 1. The van der Waals surface area contributed by atoms with E-state index in [-0.39, 0.29) is 6.54 Å². The smallest absolute Gasteiger partial charge is 0.293 e. The minimum absolute atomic E-state index is 0.154. The van der Waals surface area contributed by atoms with E-state index in [9.17, 15) is 9.59 Å². The molecule has 3 aromatic rings. The molecule has 0 aliphatic carbocycles. The number of hydrogen-bond donors (Lipinski definition) is 1. The zero-order valence-corrected chi connectivity index (χ0v) is 12.9. The van der Waals surface area contributed by atoms with E-state index in [1.807, 2.05) is 13.8 Å². The first-order valence-corrected chi connectivity index (χ1v) is 7.37. The fourth-order valence-corrected chi connectivity index (χ4v) is 3.47. The fourth-order valence-electron chi connectivity index (χ4n) is 2.03. The van der Waals surface area contributed by atoms with Gasteiger partial charge < -0.3 is 0 Å². The van der Waals surface area contributed by atoms with Crippen molar-refractivity contribution in [2.24, 2.45) is 0 Å². The molecule has 6 nitrogen and oxygen atoms in total. The maximum absolute atomic E-state index is 11.7. The highest BCUT2D eigenvalue weighted by Crippen LogP contribution is 2.32. The lowest BCUT2D eigenvalue weighted by molar-refractivity contribution is 0.689. The molecule has 3 aromatic heterocycles. The molecule has 21 heavy (non-hydrogen) atoms. The summed E-state index contributed by atoms with van der Waals surface area (Å²) in [5, 5.41) is 1.24. The summed E-state index contributed by atoms with van der Waals surface area (Å²) in [5.41, 5.74) is 0.142. The third-order valence-corrected chi connectivity index (χ3v) is 4.61. The van der Waals surface area contributed by atoms with Gasteiger partial charge in [0.05, 0.1) is 11.9 Å². The van der Waals surface area contributed by atoms with Crippen molar-refractivity contribution in [2.75, 3.05) is 0 Å². The number of hydrogen-bond acceptors (Lipinski definition) is 5. The van der Waals surface area contributed by atoms with Gasteiger partial charge in [0.25, 0.3) is 5.56 Å². The molecule has 0 saturated carbocycles. The zero-order chi connectivity index (χ0) is 15.1. The van der Waals surface area contributed by atoms with Crippen LogP contribution >= 0.6 is 22.9 Å². The molecule has 3 heterocycles. The van der Waals surface area contributed by atoms with Crippen LogP contribution in [0, 0.1) is 13.8 Å². The van der Waals surface area contributed by atoms with Gasteiger partial charge in [-0.1, -0.05) is 11.6 Å². The van der Waals surface area contributed by atoms with Crippen LogP contribution in [0.4, 0.5) is 0 Å². The zero-order valence-electron chi connectivity index (χ0n) is 11.3.